The van der Waals surface area contributed by atoms with Crippen LogP contribution in [0.1, 0.15) is 28.4 Å². The molecule has 0 radical (unpaired) electrons. The molecule has 0 unspecified atom stereocenters. The molecule has 8 nitrogen and oxygen atoms in total. The van der Waals surface area contributed by atoms with Crippen molar-refractivity contribution in [2.75, 3.05) is 21.2 Å². The first-order chi connectivity index (χ1) is 15.1. The maximum atomic E-state index is 12.7. The molecule has 0 saturated carbocycles. The Labute approximate surface area is 190 Å². The summed E-state index contributed by atoms with van der Waals surface area (Å²) in [6, 6.07) is 8.55. The number of methoxy groups -OCH3 is 1. The van der Waals surface area contributed by atoms with Gasteiger partial charge in [-0.3, -0.25) is 0 Å². The van der Waals surface area contributed by atoms with E-state index in [1.807, 2.05) is 6.92 Å². The van der Waals surface area contributed by atoms with Crippen molar-refractivity contribution >= 4 is 38.6 Å². The van der Waals surface area contributed by atoms with Crippen molar-refractivity contribution < 1.29 is 27.1 Å². The molecule has 1 heterocycles. The van der Waals surface area contributed by atoms with Gasteiger partial charge in [0.1, 0.15) is 22.8 Å². The van der Waals surface area contributed by atoms with Gasteiger partial charge >= 0.3 is 11.6 Å². The van der Waals surface area contributed by atoms with Crippen LogP contribution < -0.4 is 10.4 Å². The van der Waals surface area contributed by atoms with Crippen molar-refractivity contribution in [2.24, 2.45) is 0 Å². The van der Waals surface area contributed by atoms with Gasteiger partial charge in [-0.25, -0.2) is 22.3 Å². The molecule has 1 aromatic heterocycles. The highest BCUT2D eigenvalue weighted by molar-refractivity contribution is 7.89. The highest BCUT2D eigenvalue weighted by atomic mass is 35.5. The Morgan fingerprint density at radius 1 is 1.12 bits per heavy atom. The lowest BCUT2D eigenvalue weighted by Gasteiger charge is -2.15. The minimum Gasteiger partial charge on any atom is -0.495 e. The van der Waals surface area contributed by atoms with Crippen LogP contribution in [-0.2, 0) is 27.8 Å². The number of fused-ring (bicyclic) bond motifs is 1. The summed E-state index contributed by atoms with van der Waals surface area (Å²) in [5.41, 5.74) is 1.02. The summed E-state index contributed by atoms with van der Waals surface area (Å²) in [7, 11) is 0.232. The molecule has 0 aliphatic rings. The van der Waals surface area contributed by atoms with Crippen LogP contribution in [0.5, 0.6) is 5.75 Å². The van der Waals surface area contributed by atoms with E-state index in [1.165, 1.54) is 45.5 Å². The number of carbonyl (C=O) groups is 1. The molecule has 0 N–H and O–H groups in total. The molecule has 32 heavy (non-hydrogen) atoms. The molecular weight excluding hydrogens is 458 g/mol. The van der Waals surface area contributed by atoms with Crippen LogP contribution in [0.15, 0.2) is 50.5 Å². The Hall–Kier alpha value is -2.88. The molecule has 0 spiro atoms. The van der Waals surface area contributed by atoms with Crippen molar-refractivity contribution in [3.8, 4) is 5.75 Å². The first kappa shape index (κ1) is 23.8. The van der Waals surface area contributed by atoms with E-state index in [1.54, 1.807) is 12.1 Å². The molecule has 2 aromatic carbocycles. The van der Waals surface area contributed by atoms with E-state index in [9.17, 15) is 18.0 Å². The maximum Gasteiger partial charge on any atom is 0.338 e. The van der Waals surface area contributed by atoms with Gasteiger partial charge in [-0.1, -0.05) is 18.5 Å². The van der Waals surface area contributed by atoms with E-state index in [0.717, 1.165) is 9.87 Å². The predicted molar refractivity (Wildman–Crippen MR) is 120 cm³/mol. The molecule has 0 fully saturated rings. The first-order valence-electron chi connectivity index (χ1n) is 9.61. The topological polar surface area (TPSA) is 103 Å². The SMILES string of the molecule is CCc1cc2oc(=O)cc(COC(=O)c3ccc(OC)c(S(=O)(=O)N(C)C)c3)c2cc1Cl. The van der Waals surface area contributed by atoms with E-state index in [4.69, 9.17) is 25.5 Å². The van der Waals surface area contributed by atoms with Gasteiger partial charge in [-0.05, 0) is 42.3 Å². The zero-order valence-electron chi connectivity index (χ0n) is 18.0. The summed E-state index contributed by atoms with van der Waals surface area (Å²) in [6.07, 6.45) is 0.660. The number of benzene rings is 2. The fourth-order valence-corrected chi connectivity index (χ4v) is 4.48. The highest BCUT2D eigenvalue weighted by Crippen LogP contribution is 2.29. The highest BCUT2D eigenvalue weighted by Gasteiger charge is 2.24. The number of hydrogen-bond donors (Lipinski definition) is 0. The quantitative estimate of drug-likeness (QED) is 0.376. The number of sulfonamides is 1. The zero-order chi connectivity index (χ0) is 23.6. The monoisotopic (exact) mass is 479 g/mol. The Morgan fingerprint density at radius 3 is 2.47 bits per heavy atom. The van der Waals surface area contributed by atoms with Gasteiger partial charge in [0.25, 0.3) is 0 Å². The average Bonchev–Trinajstić information content (AvgIpc) is 2.76. The molecule has 0 atom stereocenters. The molecule has 3 rings (SSSR count). The Morgan fingerprint density at radius 2 is 1.84 bits per heavy atom. The molecule has 0 aliphatic heterocycles. The number of esters is 1. The first-order valence-corrected chi connectivity index (χ1v) is 11.4. The maximum absolute atomic E-state index is 12.7. The lowest BCUT2D eigenvalue weighted by Crippen LogP contribution is -2.23. The van der Waals surface area contributed by atoms with Crippen molar-refractivity contribution in [1.29, 1.82) is 0 Å². The third-order valence-corrected chi connectivity index (χ3v) is 7.08. The van der Waals surface area contributed by atoms with E-state index in [0.29, 0.717) is 28.0 Å². The number of halogens is 1. The van der Waals surface area contributed by atoms with Crippen LogP contribution in [0.4, 0.5) is 0 Å². The lowest BCUT2D eigenvalue weighted by molar-refractivity contribution is 0.0473. The van der Waals surface area contributed by atoms with Crippen LogP contribution in [0.25, 0.3) is 11.0 Å². The van der Waals surface area contributed by atoms with Crippen molar-refractivity contribution in [3.63, 3.8) is 0 Å². The number of hydrogen-bond acceptors (Lipinski definition) is 7. The third-order valence-electron chi connectivity index (χ3n) is 4.89. The second-order valence-corrected chi connectivity index (χ2v) is 9.64. The largest absolute Gasteiger partial charge is 0.495 e. The third kappa shape index (κ3) is 4.64. The smallest absolute Gasteiger partial charge is 0.338 e. The molecule has 3 aromatic rings. The van der Waals surface area contributed by atoms with E-state index >= 15 is 0 Å². The number of nitrogens with zero attached hydrogens (tertiary/aromatic N) is 1. The fraction of sp³-hybridized carbons (Fsp3) is 0.273. The van der Waals surface area contributed by atoms with E-state index in [2.05, 4.69) is 0 Å². The minimum absolute atomic E-state index is 0.0183. The molecule has 10 heteroatoms. The van der Waals surface area contributed by atoms with Crippen molar-refractivity contribution in [3.05, 3.63) is 68.5 Å². The van der Waals surface area contributed by atoms with E-state index < -0.39 is 21.6 Å². The van der Waals surface area contributed by atoms with Gasteiger partial charge in [-0.15, -0.1) is 0 Å². The van der Waals surface area contributed by atoms with Gasteiger partial charge in [0.2, 0.25) is 10.0 Å². The van der Waals surface area contributed by atoms with Gasteiger partial charge in [-0.2, -0.15) is 0 Å². The van der Waals surface area contributed by atoms with Crippen LogP contribution in [-0.4, -0.2) is 39.9 Å². The van der Waals surface area contributed by atoms with Gasteiger partial charge in [0.05, 0.1) is 12.7 Å². The standard InChI is InChI=1S/C22H22ClNO7S/c1-5-13-8-19-16(11-17(13)23)15(10-21(25)31-19)12-30-22(26)14-6-7-18(29-4)20(9-14)32(27,28)24(2)3/h6-11H,5,12H2,1-4H3. The summed E-state index contributed by atoms with van der Waals surface area (Å²) >= 11 is 6.29. The van der Waals surface area contributed by atoms with Gasteiger partial charge in [0.15, 0.2) is 0 Å². The Kier molecular flexibility index (Phi) is 6.92. The number of rotatable bonds is 7. The zero-order valence-corrected chi connectivity index (χ0v) is 19.5. The second kappa shape index (κ2) is 9.32. The fourth-order valence-electron chi connectivity index (χ4n) is 3.11. The van der Waals surface area contributed by atoms with Crippen LogP contribution in [0, 0.1) is 0 Å². The Balaban J connectivity index is 1.93. The molecular formula is C22H22ClNO7S. The minimum atomic E-state index is -3.86. The van der Waals surface area contributed by atoms with Crippen LogP contribution in [0.2, 0.25) is 5.02 Å². The van der Waals surface area contributed by atoms with E-state index in [-0.39, 0.29) is 22.8 Å². The van der Waals surface area contributed by atoms with Crippen LogP contribution >= 0.6 is 11.6 Å². The number of aryl methyl sites for hydroxylation is 1. The predicted octanol–water partition coefficient (Wildman–Crippen LogP) is 3.62. The normalized spacial score (nSPS) is 11.7. The number of carbonyl (C=O) groups excluding carboxylic acids is 1. The summed E-state index contributed by atoms with van der Waals surface area (Å²) in [4.78, 5) is 24.5. The van der Waals surface area contributed by atoms with Crippen LogP contribution in [0.3, 0.4) is 0 Å². The molecule has 170 valence electrons. The molecule has 0 bridgehead atoms. The summed E-state index contributed by atoms with van der Waals surface area (Å²) in [6.45, 7) is 1.70. The summed E-state index contributed by atoms with van der Waals surface area (Å²) < 4.78 is 41.9. The molecule has 0 aliphatic carbocycles. The van der Waals surface area contributed by atoms with Gasteiger partial charge in [0, 0.05) is 36.1 Å². The summed E-state index contributed by atoms with van der Waals surface area (Å²) in [5, 5.41) is 1.06. The molecule has 0 saturated heterocycles. The second-order valence-electron chi connectivity index (χ2n) is 7.11. The lowest BCUT2D eigenvalue weighted by atomic mass is 10.1. The average molecular weight is 480 g/mol. The number of ether oxygens (including phenoxy) is 2. The van der Waals surface area contributed by atoms with Crippen molar-refractivity contribution in [2.45, 2.75) is 24.8 Å². The van der Waals surface area contributed by atoms with Crippen molar-refractivity contribution in [1.82, 2.24) is 4.31 Å². The molecule has 0 amide bonds. The summed E-state index contributed by atoms with van der Waals surface area (Å²) in [5.74, 6) is -0.663. The Bertz CT molecular complexity index is 1350. The van der Waals surface area contributed by atoms with Gasteiger partial charge < -0.3 is 13.9 Å².